The van der Waals surface area contributed by atoms with E-state index in [-0.39, 0.29) is 12.2 Å². The molecule has 0 saturated heterocycles. The summed E-state index contributed by atoms with van der Waals surface area (Å²) in [5, 5.41) is 0. The lowest BCUT2D eigenvalue weighted by Crippen LogP contribution is -2.19. The maximum atomic E-state index is 5.78. The SMILES string of the molecule is CC(C)OC(CN)c1ccc(C2CC2)cc1. The Morgan fingerprint density at radius 1 is 1.25 bits per heavy atom. The summed E-state index contributed by atoms with van der Waals surface area (Å²) in [4.78, 5) is 0. The van der Waals surface area contributed by atoms with Crippen LogP contribution in [-0.2, 0) is 4.74 Å². The molecule has 0 amide bonds. The first kappa shape index (κ1) is 11.6. The molecule has 1 atom stereocenters. The van der Waals surface area contributed by atoms with E-state index >= 15 is 0 Å². The maximum Gasteiger partial charge on any atom is 0.0950 e. The van der Waals surface area contributed by atoms with Crippen LogP contribution >= 0.6 is 0 Å². The topological polar surface area (TPSA) is 35.2 Å². The van der Waals surface area contributed by atoms with Crippen molar-refractivity contribution in [1.29, 1.82) is 0 Å². The van der Waals surface area contributed by atoms with Crippen molar-refractivity contribution in [2.75, 3.05) is 6.54 Å². The lowest BCUT2D eigenvalue weighted by atomic mass is 10.0. The van der Waals surface area contributed by atoms with Crippen molar-refractivity contribution in [3.63, 3.8) is 0 Å². The lowest BCUT2D eigenvalue weighted by Gasteiger charge is -2.19. The fourth-order valence-corrected chi connectivity index (χ4v) is 2.00. The molecule has 0 radical (unpaired) electrons. The van der Waals surface area contributed by atoms with Crippen LogP contribution in [0.25, 0.3) is 0 Å². The Kier molecular flexibility index (Phi) is 3.62. The van der Waals surface area contributed by atoms with Gasteiger partial charge in [0.2, 0.25) is 0 Å². The molecule has 0 aliphatic heterocycles. The smallest absolute Gasteiger partial charge is 0.0950 e. The van der Waals surface area contributed by atoms with Crippen LogP contribution < -0.4 is 5.73 Å². The van der Waals surface area contributed by atoms with Crippen LogP contribution in [0, 0.1) is 0 Å². The maximum absolute atomic E-state index is 5.78. The van der Waals surface area contributed by atoms with Crippen LogP contribution in [0.2, 0.25) is 0 Å². The van der Waals surface area contributed by atoms with E-state index in [0.29, 0.717) is 6.54 Å². The van der Waals surface area contributed by atoms with Gasteiger partial charge in [-0.15, -0.1) is 0 Å². The Hall–Kier alpha value is -0.860. The van der Waals surface area contributed by atoms with E-state index in [1.54, 1.807) is 0 Å². The number of hydrogen-bond acceptors (Lipinski definition) is 2. The largest absolute Gasteiger partial charge is 0.370 e. The fourth-order valence-electron chi connectivity index (χ4n) is 2.00. The summed E-state index contributed by atoms with van der Waals surface area (Å²) in [6, 6.07) is 8.76. The zero-order valence-corrected chi connectivity index (χ0v) is 10.1. The number of benzene rings is 1. The molecule has 2 N–H and O–H groups in total. The van der Waals surface area contributed by atoms with Crippen LogP contribution in [0.15, 0.2) is 24.3 Å². The molecule has 1 aliphatic carbocycles. The molecular formula is C14H21NO. The first-order valence-electron chi connectivity index (χ1n) is 6.16. The van der Waals surface area contributed by atoms with Crippen LogP contribution in [0.1, 0.15) is 49.8 Å². The van der Waals surface area contributed by atoms with E-state index in [1.807, 2.05) is 13.8 Å². The molecule has 1 aromatic carbocycles. The van der Waals surface area contributed by atoms with Crippen molar-refractivity contribution in [2.45, 2.75) is 44.8 Å². The molecule has 2 nitrogen and oxygen atoms in total. The summed E-state index contributed by atoms with van der Waals surface area (Å²) in [5.41, 5.74) is 8.40. The van der Waals surface area contributed by atoms with Gasteiger partial charge >= 0.3 is 0 Å². The Balaban J connectivity index is 2.05. The van der Waals surface area contributed by atoms with Gasteiger partial charge in [0.15, 0.2) is 0 Å². The molecule has 16 heavy (non-hydrogen) atoms. The van der Waals surface area contributed by atoms with E-state index < -0.39 is 0 Å². The molecule has 0 bridgehead atoms. The lowest BCUT2D eigenvalue weighted by molar-refractivity contribution is 0.0119. The third kappa shape index (κ3) is 2.83. The van der Waals surface area contributed by atoms with Gasteiger partial charge in [-0.3, -0.25) is 0 Å². The fraction of sp³-hybridized carbons (Fsp3) is 0.571. The van der Waals surface area contributed by atoms with Gasteiger partial charge in [-0.1, -0.05) is 24.3 Å². The summed E-state index contributed by atoms with van der Waals surface area (Å²) in [7, 11) is 0. The zero-order chi connectivity index (χ0) is 11.5. The highest BCUT2D eigenvalue weighted by Crippen LogP contribution is 2.40. The van der Waals surface area contributed by atoms with Gasteiger partial charge in [0.1, 0.15) is 0 Å². The zero-order valence-electron chi connectivity index (χ0n) is 10.1. The second-order valence-electron chi connectivity index (χ2n) is 4.85. The third-order valence-corrected chi connectivity index (χ3v) is 3.01. The summed E-state index contributed by atoms with van der Waals surface area (Å²) in [6.45, 7) is 4.63. The molecule has 88 valence electrons. The number of hydrogen-bond donors (Lipinski definition) is 1. The van der Waals surface area contributed by atoms with Crippen LogP contribution in [-0.4, -0.2) is 12.6 Å². The van der Waals surface area contributed by atoms with Gasteiger partial charge in [-0.05, 0) is 43.7 Å². The summed E-state index contributed by atoms with van der Waals surface area (Å²) < 4.78 is 5.78. The normalized spacial score (nSPS) is 17.8. The quantitative estimate of drug-likeness (QED) is 0.826. The van der Waals surface area contributed by atoms with Crippen molar-refractivity contribution in [2.24, 2.45) is 5.73 Å². The molecule has 0 aromatic heterocycles. The van der Waals surface area contributed by atoms with E-state index in [1.165, 1.54) is 24.0 Å². The van der Waals surface area contributed by atoms with Crippen molar-refractivity contribution >= 4 is 0 Å². The Morgan fingerprint density at radius 3 is 2.31 bits per heavy atom. The van der Waals surface area contributed by atoms with Gasteiger partial charge in [0.25, 0.3) is 0 Å². The number of nitrogens with two attached hydrogens (primary N) is 1. The van der Waals surface area contributed by atoms with E-state index in [0.717, 1.165) is 5.92 Å². The van der Waals surface area contributed by atoms with Gasteiger partial charge in [0.05, 0.1) is 12.2 Å². The van der Waals surface area contributed by atoms with Gasteiger partial charge < -0.3 is 10.5 Å². The van der Waals surface area contributed by atoms with Crippen molar-refractivity contribution in [1.82, 2.24) is 0 Å². The highest BCUT2D eigenvalue weighted by Gasteiger charge is 2.23. The number of ether oxygens (including phenoxy) is 1. The van der Waals surface area contributed by atoms with Crippen molar-refractivity contribution in [3.05, 3.63) is 35.4 Å². The minimum absolute atomic E-state index is 0.0354. The average molecular weight is 219 g/mol. The third-order valence-electron chi connectivity index (χ3n) is 3.01. The molecule has 2 rings (SSSR count). The highest BCUT2D eigenvalue weighted by atomic mass is 16.5. The van der Waals surface area contributed by atoms with Crippen LogP contribution in [0.5, 0.6) is 0 Å². The molecule has 1 aliphatic rings. The minimum atomic E-state index is 0.0354. The monoisotopic (exact) mass is 219 g/mol. The summed E-state index contributed by atoms with van der Waals surface area (Å²) in [6.07, 6.45) is 2.95. The number of rotatable bonds is 5. The van der Waals surface area contributed by atoms with Gasteiger partial charge in [-0.25, -0.2) is 0 Å². The average Bonchev–Trinajstić information content (AvgIpc) is 3.10. The summed E-state index contributed by atoms with van der Waals surface area (Å²) in [5.74, 6) is 0.816. The highest BCUT2D eigenvalue weighted by molar-refractivity contribution is 5.29. The van der Waals surface area contributed by atoms with Gasteiger partial charge in [0, 0.05) is 6.54 Å². The molecule has 0 spiro atoms. The van der Waals surface area contributed by atoms with E-state index in [2.05, 4.69) is 24.3 Å². The van der Waals surface area contributed by atoms with Crippen molar-refractivity contribution in [3.8, 4) is 0 Å². The molecule has 1 aromatic rings. The van der Waals surface area contributed by atoms with Crippen LogP contribution in [0.4, 0.5) is 0 Å². The van der Waals surface area contributed by atoms with Gasteiger partial charge in [-0.2, -0.15) is 0 Å². The molecule has 0 heterocycles. The molecule has 2 heteroatoms. The first-order chi connectivity index (χ1) is 7.70. The van der Waals surface area contributed by atoms with E-state index in [9.17, 15) is 0 Å². The predicted molar refractivity (Wildman–Crippen MR) is 66.4 cm³/mol. The standard InChI is InChI=1S/C14H21NO/c1-10(2)16-14(9-15)13-7-5-12(6-8-13)11-3-4-11/h5-8,10-11,14H,3-4,9,15H2,1-2H3. The summed E-state index contributed by atoms with van der Waals surface area (Å²) >= 11 is 0. The first-order valence-corrected chi connectivity index (χ1v) is 6.16. The Bertz CT molecular complexity index is 327. The second-order valence-corrected chi connectivity index (χ2v) is 4.85. The minimum Gasteiger partial charge on any atom is -0.370 e. The molecule has 1 saturated carbocycles. The van der Waals surface area contributed by atoms with E-state index in [4.69, 9.17) is 10.5 Å². The molecule has 1 unspecified atom stereocenters. The van der Waals surface area contributed by atoms with Crippen molar-refractivity contribution < 1.29 is 4.74 Å². The second kappa shape index (κ2) is 4.98. The predicted octanol–water partition coefficient (Wildman–Crippen LogP) is 2.99. The molecular weight excluding hydrogens is 198 g/mol. The molecule has 1 fully saturated rings. The van der Waals surface area contributed by atoms with Crippen LogP contribution in [0.3, 0.4) is 0 Å². The Labute approximate surface area is 97.8 Å². The Morgan fingerprint density at radius 2 is 1.88 bits per heavy atom.